The number of ether oxygens (including phenoxy) is 2. The van der Waals surface area contributed by atoms with Crippen LogP contribution in [0.15, 0.2) is 97.8 Å². The molecule has 4 aromatic heterocycles. The number of nitrogens with zero attached hydrogens (tertiary/aromatic N) is 10. The number of rotatable bonds is 10. The molecule has 4 aromatic carbocycles. The lowest BCUT2D eigenvalue weighted by molar-refractivity contribution is -0.385. The largest absolute Gasteiger partial charge is 0.495 e. The fourth-order valence-electron chi connectivity index (χ4n) is 6.32. The molecular weight excluding hydrogens is 836 g/mol. The van der Waals surface area contributed by atoms with Crippen molar-refractivity contribution in [1.82, 2.24) is 39.5 Å². The zero-order valence-electron chi connectivity index (χ0n) is 34.4. The number of nitrogen functional groups attached to an aromatic ring is 1. The Bertz CT molecular complexity index is 3060. The molecule has 0 aliphatic carbocycles. The third-order valence-electron chi connectivity index (χ3n) is 9.47. The second-order valence-electron chi connectivity index (χ2n) is 13.5. The van der Waals surface area contributed by atoms with Crippen molar-refractivity contribution in [3.63, 3.8) is 0 Å². The number of hydrogen-bond donors (Lipinski definition) is 2. The maximum Gasteiger partial charge on any atom is 0.282 e. The zero-order chi connectivity index (χ0) is 45.5. The molecule has 0 amide bonds. The third-order valence-corrected chi connectivity index (χ3v) is 9.67. The van der Waals surface area contributed by atoms with Gasteiger partial charge in [0.1, 0.15) is 35.1 Å². The summed E-state index contributed by atoms with van der Waals surface area (Å²) in [7, 11) is 6.59. The SMILES string of the molecule is COc1cc(C(C)=O)c([N+](=O)[O-])cc1N.COc1cc(C(C)=O)c([N+](=O)[O-])cc1Nc1cc(-c2ccc3c(cnn3C)c2)ncn1.Cn1ncc2cc(-c3cc(Cl)ncn3)ccc21. The molecule has 0 bridgehead atoms. The number of anilines is 3. The van der Waals surface area contributed by atoms with Gasteiger partial charge in [0.05, 0.1) is 81.4 Å². The smallest absolute Gasteiger partial charge is 0.282 e. The standard InChI is InChI=1S/C21H18N6O4.C12H9ClN4.C9H10N2O4/c1-12(28)15-7-20(31-3)17(8-19(15)27(29)30)25-21-9-16(22-11-23-21)13-4-5-18-14(6-13)10-24-26(18)2;1-17-11-3-2-8(4-9(11)6-16-17)10-5-12(13)15-7-14-10;1-5(12)6-3-9(15-2)7(10)4-8(6)11(13)14/h4-11H,1-3H3,(H,22,23,25);2-7H,1H3;3-4H,10H2,1-2H3. The number of aryl methyl sites for hydroxylation is 2. The minimum Gasteiger partial charge on any atom is -0.495 e. The number of hydrogen-bond acceptors (Lipinski definition) is 16. The number of methoxy groups -OCH3 is 2. The van der Waals surface area contributed by atoms with Gasteiger partial charge in [0.25, 0.3) is 11.4 Å². The van der Waals surface area contributed by atoms with Crippen LogP contribution in [0.25, 0.3) is 44.3 Å². The molecule has 0 aliphatic heterocycles. The van der Waals surface area contributed by atoms with E-state index >= 15 is 0 Å². The number of nitrogens with two attached hydrogens (primary N) is 1. The predicted molar refractivity (Wildman–Crippen MR) is 235 cm³/mol. The van der Waals surface area contributed by atoms with Crippen molar-refractivity contribution in [2.75, 3.05) is 25.3 Å². The van der Waals surface area contributed by atoms with Crippen molar-refractivity contribution in [3.8, 4) is 34.0 Å². The number of carbonyl (C=O) groups is 2. The van der Waals surface area contributed by atoms with Gasteiger partial charge in [-0.15, -0.1) is 0 Å². The summed E-state index contributed by atoms with van der Waals surface area (Å²) < 4.78 is 13.8. The minimum absolute atomic E-state index is 0.00829. The normalized spacial score (nSPS) is 10.6. The molecule has 21 heteroatoms. The lowest BCUT2D eigenvalue weighted by Gasteiger charge is -2.12. The number of fused-ring (bicyclic) bond motifs is 2. The van der Waals surface area contributed by atoms with Gasteiger partial charge in [-0.25, -0.2) is 19.9 Å². The highest BCUT2D eigenvalue weighted by Gasteiger charge is 2.23. The van der Waals surface area contributed by atoms with Crippen LogP contribution in [0.1, 0.15) is 34.6 Å². The molecule has 0 radical (unpaired) electrons. The number of carbonyl (C=O) groups excluding carboxylic acids is 2. The summed E-state index contributed by atoms with van der Waals surface area (Å²) in [6, 6.07) is 20.4. The van der Waals surface area contributed by atoms with Gasteiger partial charge in [-0.05, 0) is 50.2 Å². The van der Waals surface area contributed by atoms with E-state index in [2.05, 4.69) is 35.5 Å². The van der Waals surface area contributed by atoms with Crippen molar-refractivity contribution in [2.45, 2.75) is 13.8 Å². The molecule has 0 fully saturated rings. The molecule has 320 valence electrons. The Kier molecular flexibility index (Phi) is 13.2. The van der Waals surface area contributed by atoms with Gasteiger partial charge in [-0.1, -0.05) is 23.7 Å². The lowest BCUT2D eigenvalue weighted by atomic mass is 10.1. The maximum absolute atomic E-state index is 11.8. The zero-order valence-corrected chi connectivity index (χ0v) is 35.2. The van der Waals surface area contributed by atoms with Crippen LogP contribution < -0.4 is 20.5 Å². The summed E-state index contributed by atoms with van der Waals surface area (Å²) in [6.45, 7) is 2.52. The first-order valence-corrected chi connectivity index (χ1v) is 18.9. The lowest BCUT2D eigenvalue weighted by Crippen LogP contribution is -2.04. The van der Waals surface area contributed by atoms with E-state index in [0.29, 0.717) is 22.4 Å². The highest BCUT2D eigenvalue weighted by molar-refractivity contribution is 6.29. The van der Waals surface area contributed by atoms with Gasteiger partial charge >= 0.3 is 0 Å². The van der Waals surface area contributed by atoms with E-state index in [1.165, 1.54) is 58.9 Å². The number of halogens is 1. The first kappa shape index (κ1) is 44.2. The van der Waals surface area contributed by atoms with Crippen molar-refractivity contribution >= 4 is 73.5 Å². The number of nitro benzene ring substituents is 2. The van der Waals surface area contributed by atoms with Gasteiger partial charge in [-0.3, -0.25) is 39.2 Å². The quantitative estimate of drug-likeness (QED) is 0.0434. The van der Waals surface area contributed by atoms with Crippen molar-refractivity contribution in [3.05, 3.63) is 134 Å². The van der Waals surface area contributed by atoms with Crippen LogP contribution in [-0.2, 0) is 14.1 Å². The Labute approximate surface area is 362 Å². The molecule has 63 heavy (non-hydrogen) atoms. The van der Waals surface area contributed by atoms with Crippen molar-refractivity contribution in [2.24, 2.45) is 14.1 Å². The van der Waals surface area contributed by atoms with E-state index in [-0.39, 0.29) is 39.7 Å². The van der Waals surface area contributed by atoms with Crippen LogP contribution >= 0.6 is 11.6 Å². The van der Waals surface area contributed by atoms with Crippen LogP contribution in [0, 0.1) is 20.2 Å². The Hall–Kier alpha value is -8.39. The van der Waals surface area contributed by atoms with Crippen molar-refractivity contribution in [1.29, 1.82) is 0 Å². The first-order valence-electron chi connectivity index (χ1n) is 18.5. The average molecular weight is 873 g/mol. The summed E-state index contributed by atoms with van der Waals surface area (Å²) in [6.07, 6.45) is 6.47. The molecule has 20 nitrogen and oxygen atoms in total. The highest BCUT2D eigenvalue weighted by atomic mass is 35.5. The Morgan fingerprint density at radius 3 is 1.67 bits per heavy atom. The van der Waals surface area contributed by atoms with Gasteiger partial charge in [0.2, 0.25) is 0 Å². The molecule has 8 aromatic rings. The number of Topliss-reactive ketones (excluding diaryl/α,β-unsaturated/α-hetero) is 2. The van der Waals surface area contributed by atoms with Crippen LogP contribution in [-0.4, -0.2) is 75.1 Å². The fraction of sp³-hybridized carbons (Fsp3) is 0.143. The van der Waals surface area contributed by atoms with E-state index < -0.39 is 21.4 Å². The first-order chi connectivity index (χ1) is 30.1. The molecule has 0 saturated heterocycles. The van der Waals surface area contributed by atoms with Gasteiger partial charge in [-0.2, -0.15) is 10.2 Å². The maximum atomic E-state index is 11.8. The molecule has 0 spiro atoms. The Morgan fingerprint density at radius 2 is 1.17 bits per heavy atom. The van der Waals surface area contributed by atoms with Gasteiger partial charge < -0.3 is 20.5 Å². The Balaban J connectivity index is 0.000000174. The second kappa shape index (κ2) is 18.9. The summed E-state index contributed by atoms with van der Waals surface area (Å²) in [5.41, 5.74) is 10.7. The van der Waals surface area contributed by atoms with Gasteiger partial charge in [0, 0.05) is 60.3 Å². The minimum atomic E-state index is -0.646. The molecule has 4 heterocycles. The monoisotopic (exact) mass is 872 g/mol. The van der Waals surface area contributed by atoms with Crippen LogP contribution in [0.4, 0.5) is 28.6 Å². The number of ketones is 2. The second-order valence-corrected chi connectivity index (χ2v) is 13.9. The van der Waals surface area contributed by atoms with E-state index in [1.54, 1.807) is 23.0 Å². The van der Waals surface area contributed by atoms with Crippen LogP contribution in [0.5, 0.6) is 11.5 Å². The summed E-state index contributed by atoms with van der Waals surface area (Å²) in [5, 5.41) is 36.0. The number of nitrogens with one attached hydrogen (secondary N) is 1. The van der Waals surface area contributed by atoms with E-state index in [9.17, 15) is 29.8 Å². The number of benzene rings is 4. The molecular formula is C42H37ClN12O8. The summed E-state index contributed by atoms with van der Waals surface area (Å²) in [5.74, 6) is 0.129. The number of nitro groups is 2. The Morgan fingerprint density at radius 1 is 0.683 bits per heavy atom. The summed E-state index contributed by atoms with van der Waals surface area (Å²) >= 11 is 5.85. The highest BCUT2D eigenvalue weighted by Crippen LogP contribution is 2.36. The van der Waals surface area contributed by atoms with Crippen molar-refractivity contribution < 1.29 is 28.9 Å². The molecule has 0 aliphatic rings. The fourth-order valence-corrected chi connectivity index (χ4v) is 6.47. The molecule has 0 unspecified atom stereocenters. The summed E-state index contributed by atoms with van der Waals surface area (Å²) in [4.78, 5) is 60.4. The third kappa shape index (κ3) is 9.98. The average Bonchev–Trinajstić information content (AvgIpc) is 3.84. The molecule has 3 N–H and O–H groups in total. The van der Waals surface area contributed by atoms with E-state index in [0.717, 1.165) is 44.7 Å². The number of aromatic nitrogens is 8. The van der Waals surface area contributed by atoms with Gasteiger partial charge in [0.15, 0.2) is 11.6 Å². The topological polar surface area (TPSA) is 264 Å². The van der Waals surface area contributed by atoms with E-state index in [4.69, 9.17) is 26.8 Å². The predicted octanol–water partition coefficient (Wildman–Crippen LogP) is 7.97. The van der Waals surface area contributed by atoms with E-state index in [1.807, 2.05) is 61.4 Å². The molecule has 0 atom stereocenters. The van der Waals surface area contributed by atoms with Crippen LogP contribution in [0.2, 0.25) is 5.15 Å². The molecule has 8 rings (SSSR count). The molecule has 0 saturated carbocycles. The van der Waals surface area contributed by atoms with Crippen LogP contribution in [0.3, 0.4) is 0 Å².